The predicted molar refractivity (Wildman–Crippen MR) is 149 cm³/mol. The van der Waals surface area contributed by atoms with Gasteiger partial charge >= 0.3 is 0 Å². The molecule has 3 rings (SSSR count). The van der Waals surface area contributed by atoms with Crippen molar-refractivity contribution in [2.75, 3.05) is 0 Å². The second kappa shape index (κ2) is 15.4. The van der Waals surface area contributed by atoms with Gasteiger partial charge in [-0.1, -0.05) is 125 Å². The molecule has 1 saturated heterocycles. The zero-order valence-electron chi connectivity index (χ0n) is 22.0. The number of hydrogen-bond donors (Lipinski definition) is 0. The van der Waals surface area contributed by atoms with Gasteiger partial charge in [-0.2, -0.15) is 0 Å². The van der Waals surface area contributed by atoms with E-state index in [-0.39, 0.29) is 18.0 Å². The fourth-order valence-electron chi connectivity index (χ4n) is 5.24. The molecular weight excluding hydrogens is 426 g/mol. The van der Waals surface area contributed by atoms with Crippen LogP contribution in [0.15, 0.2) is 84.5 Å². The number of carbonyl (C=O) groups excluding carboxylic acids is 1. The number of hydrogen-bond acceptors (Lipinski definition) is 1. The summed E-state index contributed by atoms with van der Waals surface area (Å²) >= 11 is 0. The third-order valence-corrected chi connectivity index (χ3v) is 7.19. The number of allylic oxidation sites excluding steroid dienone is 3. The summed E-state index contributed by atoms with van der Waals surface area (Å²) in [6.07, 6.45) is 20.5. The number of unbranched alkanes of at least 4 members (excludes halogenated alkanes) is 7. The largest absolute Gasteiger partial charge is 0.325 e. The van der Waals surface area contributed by atoms with Crippen LogP contribution in [0.1, 0.15) is 114 Å². The normalized spacial score (nSPS) is 18.5. The lowest BCUT2D eigenvalue weighted by Crippen LogP contribution is -2.31. The summed E-state index contributed by atoms with van der Waals surface area (Å²) in [5.74, 6) is 0.159. The van der Waals surface area contributed by atoms with E-state index in [2.05, 4.69) is 91.6 Å². The van der Waals surface area contributed by atoms with Gasteiger partial charge in [0.25, 0.3) is 0 Å². The maximum absolute atomic E-state index is 13.9. The average Bonchev–Trinajstić information content (AvgIpc) is 3.35. The lowest BCUT2D eigenvalue weighted by Gasteiger charge is -2.30. The monoisotopic (exact) mass is 471 g/mol. The minimum Gasteiger partial charge on any atom is -0.325 e. The van der Waals surface area contributed by atoms with Crippen molar-refractivity contribution < 1.29 is 4.79 Å². The number of nitrogens with zero attached hydrogens (tertiary/aromatic N) is 1. The first-order valence-electron chi connectivity index (χ1n) is 14.0. The lowest BCUT2D eigenvalue weighted by atomic mass is 10.0. The standard InChI is InChI=1S/C33H45NO/c1-3-5-7-9-10-14-20-28(19-13-8-6-4-2)27-33(35)34-31(29-21-15-11-16-22-29)25-26-32(34)30-23-17-12-18-24-30/h11-12,14-18,20-24,27,31-32H,3-10,13,19,25-26H2,1-2H3/b20-14+,28-27+/t31-,32-/m0/s1. The topological polar surface area (TPSA) is 20.3 Å². The van der Waals surface area contributed by atoms with E-state index in [0.29, 0.717) is 0 Å². The summed E-state index contributed by atoms with van der Waals surface area (Å²) in [6.45, 7) is 4.50. The van der Waals surface area contributed by atoms with Crippen molar-refractivity contribution in [2.45, 2.75) is 103 Å². The SMILES string of the molecule is CCCCCC/C=C/C(=C/C(=O)N1[C@H](c2ccccc2)CC[C@H]1c1ccccc1)CCCCCC. The van der Waals surface area contributed by atoms with Gasteiger partial charge in [0.2, 0.25) is 5.91 Å². The molecule has 1 amide bonds. The van der Waals surface area contributed by atoms with Crippen LogP contribution in [0.25, 0.3) is 0 Å². The van der Waals surface area contributed by atoms with Crippen LogP contribution in [0, 0.1) is 0 Å². The maximum Gasteiger partial charge on any atom is 0.247 e. The molecule has 2 nitrogen and oxygen atoms in total. The summed E-state index contributed by atoms with van der Waals surface area (Å²) in [4.78, 5) is 16.1. The Balaban J connectivity index is 1.82. The van der Waals surface area contributed by atoms with E-state index in [1.807, 2.05) is 6.08 Å². The van der Waals surface area contributed by atoms with E-state index in [4.69, 9.17) is 0 Å². The van der Waals surface area contributed by atoms with Crippen molar-refractivity contribution in [3.05, 3.63) is 95.6 Å². The van der Waals surface area contributed by atoms with E-state index in [0.717, 1.165) is 32.1 Å². The Morgan fingerprint density at radius 1 is 0.771 bits per heavy atom. The second-order valence-electron chi connectivity index (χ2n) is 9.96. The fraction of sp³-hybridized carbons (Fsp3) is 0.485. The Hall–Kier alpha value is -2.61. The van der Waals surface area contributed by atoms with Gasteiger partial charge in [0.05, 0.1) is 12.1 Å². The van der Waals surface area contributed by atoms with Crippen molar-refractivity contribution in [3.8, 4) is 0 Å². The molecule has 0 saturated carbocycles. The summed E-state index contributed by atoms with van der Waals surface area (Å²) in [6, 6.07) is 21.4. The molecule has 1 fully saturated rings. The molecule has 0 radical (unpaired) electrons. The smallest absolute Gasteiger partial charge is 0.247 e. The van der Waals surface area contributed by atoms with Gasteiger partial charge in [-0.15, -0.1) is 0 Å². The molecule has 35 heavy (non-hydrogen) atoms. The Labute approximate surface area is 214 Å². The molecule has 2 aromatic rings. The van der Waals surface area contributed by atoms with Crippen LogP contribution in [0.4, 0.5) is 0 Å². The first kappa shape index (κ1) is 27.0. The molecule has 0 bridgehead atoms. The second-order valence-corrected chi connectivity index (χ2v) is 9.96. The Kier molecular flexibility index (Phi) is 11.9. The predicted octanol–water partition coefficient (Wildman–Crippen LogP) is 9.51. The molecule has 0 N–H and O–H groups in total. The van der Waals surface area contributed by atoms with Gasteiger partial charge in [0, 0.05) is 6.08 Å². The zero-order chi connectivity index (χ0) is 24.7. The van der Waals surface area contributed by atoms with Gasteiger partial charge < -0.3 is 4.90 Å². The number of benzene rings is 2. The Morgan fingerprint density at radius 2 is 1.31 bits per heavy atom. The third-order valence-electron chi connectivity index (χ3n) is 7.19. The van der Waals surface area contributed by atoms with Gasteiger partial charge in [0.15, 0.2) is 0 Å². The number of rotatable bonds is 14. The minimum atomic E-state index is 0.129. The van der Waals surface area contributed by atoms with E-state index in [9.17, 15) is 4.79 Å². The van der Waals surface area contributed by atoms with Crippen LogP contribution >= 0.6 is 0 Å². The van der Waals surface area contributed by atoms with Gasteiger partial charge in [-0.05, 0) is 55.2 Å². The zero-order valence-corrected chi connectivity index (χ0v) is 22.0. The fourth-order valence-corrected chi connectivity index (χ4v) is 5.24. The van der Waals surface area contributed by atoms with E-state index >= 15 is 0 Å². The highest BCUT2D eigenvalue weighted by Gasteiger charge is 2.37. The van der Waals surface area contributed by atoms with Crippen LogP contribution in [0.2, 0.25) is 0 Å². The van der Waals surface area contributed by atoms with Crippen molar-refractivity contribution in [1.29, 1.82) is 0 Å². The van der Waals surface area contributed by atoms with Crippen LogP contribution in [-0.4, -0.2) is 10.8 Å². The quantitative estimate of drug-likeness (QED) is 0.153. The summed E-state index contributed by atoms with van der Waals surface area (Å²) in [5, 5.41) is 0. The number of carbonyl (C=O) groups is 1. The molecule has 0 unspecified atom stereocenters. The molecule has 1 aliphatic heterocycles. The van der Waals surface area contributed by atoms with Crippen LogP contribution in [0.5, 0.6) is 0 Å². The number of amides is 1. The first-order chi connectivity index (χ1) is 17.2. The molecule has 188 valence electrons. The Bertz CT molecular complexity index is 867. The third kappa shape index (κ3) is 8.53. The highest BCUT2D eigenvalue weighted by molar-refractivity contribution is 5.89. The molecule has 2 aromatic carbocycles. The van der Waals surface area contributed by atoms with E-state index in [1.54, 1.807) is 0 Å². The van der Waals surface area contributed by atoms with Crippen LogP contribution in [-0.2, 0) is 4.79 Å². The molecule has 0 aromatic heterocycles. The van der Waals surface area contributed by atoms with Gasteiger partial charge in [-0.3, -0.25) is 4.79 Å². The number of likely N-dealkylation sites (tertiary alicyclic amines) is 1. The van der Waals surface area contributed by atoms with Gasteiger partial charge in [-0.25, -0.2) is 0 Å². The average molecular weight is 472 g/mol. The van der Waals surface area contributed by atoms with E-state index in [1.165, 1.54) is 61.6 Å². The van der Waals surface area contributed by atoms with Crippen molar-refractivity contribution in [2.24, 2.45) is 0 Å². The Morgan fingerprint density at radius 3 is 1.86 bits per heavy atom. The van der Waals surface area contributed by atoms with Crippen LogP contribution < -0.4 is 0 Å². The summed E-state index contributed by atoms with van der Waals surface area (Å²) < 4.78 is 0. The first-order valence-corrected chi connectivity index (χ1v) is 14.0. The highest BCUT2D eigenvalue weighted by Crippen LogP contribution is 2.44. The van der Waals surface area contributed by atoms with E-state index < -0.39 is 0 Å². The summed E-state index contributed by atoms with van der Waals surface area (Å²) in [5.41, 5.74) is 3.67. The molecule has 0 spiro atoms. The lowest BCUT2D eigenvalue weighted by molar-refractivity contribution is -0.129. The molecule has 1 aliphatic rings. The summed E-state index contributed by atoms with van der Waals surface area (Å²) in [7, 11) is 0. The highest BCUT2D eigenvalue weighted by atomic mass is 16.2. The minimum absolute atomic E-state index is 0.129. The van der Waals surface area contributed by atoms with Crippen molar-refractivity contribution >= 4 is 5.91 Å². The van der Waals surface area contributed by atoms with Crippen molar-refractivity contribution in [1.82, 2.24) is 4.90 Å². The molecular formula is C33H45NO. The van der Waals surface area contributed by atoms with Crippen molar-refractivity contribution in [3.63, 3.8) is 0 Å². The molecule has 0 aliphatic carbocycles. The van der Waals surface area contributed by atoms with Crippen LogP contribution in [0.3, 0.4) is 0 Å². The van der Waals surface area contributed by atoms with Gasteiger partial charge in [0.1, 0.15) is 0 Å². The molecule has 2 atom stereocenters. The maximum atomic E-state index is 13.9. The molecule has 2 heteroatoms. The molecule has 1 heterocycles.